The highest BCUT2D eigenvalue weighted by molar-refractivity contribution is 7.89. The standard InChI is InChI=1S/C19H19NO6S/c21-18(14-26-19(22)10-7-16-4-3-13-25-16)15-5-8-17(9-6-15)27(23,24)20-11-1-2-12-20/h3-10,13H,1-2,11-12,14H2/b10-7+. The molecule has 1 aromatic heterocycles. The number of nitrogens with zero attached hydrogens (tertiary/aromatic N) is 1. The molecule has 0 bridgehead atoms. The largest absolute Gasteiger partial charge is 0.465 e. The lowest BCUT2D eigenvalue weighted by Gasteiger charge is -2.15. The molecule has 1 aromatic carbocycles. The first-order valence-corrected chi connectivity index (χ1v) is 9.92. The fourth-order valence-corrected chi connectivity index (χ4v) is 4.21. The number of furan rings is 1. The lowest BCUT2D eigenvalue weighted by Crippen LogP contribution is -2.27. The van der Waals surface area contributed by atoms with Gasteiger partial charge in [-0.2, -0.15) is 4.31 Å². The van der Waals surface area contributed by atoms with Gasteiger partial charge in [-0.25, -0.2) is 13.2 Å². The predicted molar refractivity (Wildman–Crippen MR) is 97.5 cm³/mol. The summed E-state index contributed by atoms with van der Waals surface area (Å²) in [5, 5.41) is 0. The van der Waals surface area contributed by atoms with Gasteiger partial charge in [0.1, 0.15) is 5.76 Å². The van der Waals surface area contributed by atoms with Gasteiger partial charge in [-0.05, 0) is 55.3 Å². The molecule has 8 heteroatoms. The average molecular weight is 389 g/mol. The number of hydrogen-bond donors (Lipinski definition) is 0. The number of benzene rings is 1. The topological polar surface area (TPSA) is 93.9 Å². The fraction of sp³-hybridized carbons (Fsp3) is 0.263. The monoisotopic (exact) mass is 389 g/mol. The quantitative estimate of drug-likeness (QED) is 0.410. The van der Waals surface area contributed by atoms with Gasteiger partial charge in [0.05, 0.1) is 11.2 Å². The first kappa shape index (κ1) is 19.1. The number of carbonyl (C=O) groups excluding carboxylic acids is 2. The second-order valence-electron chi connectivity index (χ2n) is 6.02. The summed E-state index contributed by atoms with van der Waals surface area (Å²) in [7, 11) is -3.52. The normalized spacial score (nSPS) is 15.3. The van der Waals surface area contributed by atoms with E-state index in [0.717, 1.165) is 18.9 Å². The molecule has 0 radical (unpaired) electrons. The van der Waals surface area contributed by atoms with Crippen LogP contribution in [0, 0.1) is 0 Å². The Balaban J connectivity index is 1.56. The van der Waals surface area contributed by atoms with E-state index in [0.29, 0.717) is 18.8 Å². The Morgan fingerprint density at radius 2 is 1.81 bits per heavy atom. The van der Waals surface area contributed by atoms with Crippen molar-refractivity contribution in [3.63, 3.8) is 0 Å². The molecule has 0 N–H and O–H groups in total. The summed E-state index contributed by atoms with van der Waals surface area (Å²) in [6.45, 7) is 0.606. The number of ether oxygens (including phenoxy) is 1. The third kappa shape index (κ3) is 4.72. The number of sulfonamides is 1. The summed E-state index contributed by atoms with van der Waals surface area (Å²) >= 11 is 0. The highest BCUT2D eigenvalue weighted by Crippen LogP contribution is 2.21. The number of carbonyl (C=O) groups is 2. The lowest BCUT2D eigenvalue weighted by molar-refractivity contribution is -0.136. The van der Waals surface area contributed by atoms with E-state index in [1.54, 1.807) is 12.1 Å². The second kappa shape index (κ2) is 8.32. The van der Waals surface area contributed by atoms with E-state index in [-0.39, 0.29) is 10.5 Å². The van der Waals surface area contributed by atoms with Gasteiger partial charge in [0.15, 0.2) is 12.4 Å². The highest BCUT2D eigenvalue weighted by atomic mass is 32.2. The van der Waals surface area contributed by atoms with Crippen LogP contribution in [-0.4, -0.2) is 44.2 Å². The lowest BCUT2D eigenvalue weighted by atomic mass is 10.1. The Morgan fingerprint density at radius 1 is 1.11 bits per heavy atom. The molecule has 2 heterocycles. The van der Waals surface area contributed by atoms with Crippen LogP contribution in [0.3, 0.4) is 0 Å². The summed E-state index contributed by atoms with van der Waals surface area (Å²) in [6.07, 6.45) is 5.79. The van der Waals surface area contributed by atoms with Crippen molar-refractivity contribution >= 4 is 27.9 Å². The van der Waals surface area contributed by atoms with Gasteiger partial charge >= 0.3 is 5.97 Å². The molecule has 0 saturated carbocycles. The minimum atomic E-state index is -3.52. The predicted octanol–water partition coefficient (Wildman–Crippen LogP) is 2.50. The molecule has 142 valence electrons. The molecule has 0 spiro atoms. The van der Waals surface area contributed by atoms with Gasteiger partial charge < -0.3 is 9.15 Å². The van der Waals surface area contributed by atoms with Gasteiger partial charge in [0.25, 0.3) is 0 Å². The Kier molecular flexibility index (Phi) is 5.88. The van der Waals surface area contributed by atoms with Gasteiger partial charge in [0, 0.05) is 24.7 Å². The van der Waals surface area contributed by atoms with Crippen LogP contribution in [0.4, 0.5) is 0 Å². The molecule has 1 aliphatic heterocycles. The van der Waals surface area contributed by atoms with Crippen molar-refractivity contribution in [1.29, 1.82) is 0 Å². The van der Waals surface area contributed by atoms with Gasteiger partial charge in [-0.3, -0.25) is 4.79 Å². The van der Waals surface area contributed by atoms with Gasteiger partial charge in [-0.1, -0.05) is 0 Å². The van der Waals surface area contributed by atoms with Crippen LogP contribution in [0.15, 0.2) is 58.1 Å². The van der Waals surface area contributed by atoms with E-state index in [2.05, 4.69) is 0 Å². The van der Waals surface area contributed by atoms with E-state index < -0.39 is 28.4 Å². The van der Waals surface area contributed by atoms with Crippen LogP contribution in [0.5, 0.6) is 0 Å². The molecule has 0 aliphatic carbocycles. The van der Waals surface area contributed by atoms with E-state index >= 15 is 0 Å². The zero-order valence-corrected chi connectivity index (χ0v) is 15.4. The molecule has 0 atom stereocenters. The van der Waals surface area contributed by atoms with Crippen LogP contribution in [-0.2, 0) is 19.6 Å². The Bertz CT molecular complexity index is 923. The summed E-state index contributed by atoms with van der Waals surface area (Å²) in [5.41, 5.74) is 0.276. The molecule has 1 fully saturated rings. The highest BCUT2D eigenvalue weighted by Gasteiger charge is 2.27. The average Bonchev–Trinajstić information content (AvgIpc) is 3.38. The Hall–Kier alpha value is -2.71. The molecule has 0 unspecified atom stereocenters. The Labute approximate surface area is 157 Å². The van der Waals surface area contributed by atoms with E-state index in [1.807, 2.05) is 0 Å². The summed E-state index contributed by atoms with van der Waals surface area (Å²) in [6, 6.07) is 9.02. The molecule has 3 rings (SSSR count). The van der Waals surface area contributed by atoms with Crippen LogP contribution in [0.1, 0.15) is 29.0 Å². The van der Waals surface area contributed by atoms with Gasteiger partial charge in [0.2, 0.25) is 10.0 Å². The molecule has 0 amide bonds. The van der Waals surface area contributed by atoms with Crippen molar-refractivity contribution in [2.75, 3.05) is 19.7 Å². The summed E-state index contributed by atoms with van der Waals surface area (Å²) < 4.78 is 36.3. The number of rotatable bonds is 7. The molecular weight excluding hydrogens is 370 g/mol. The van der Waals surface area contributed by atoms with Crippen LogP contribution < -0.4 is 0 Å². The van der Waals surface area contributed by atoms with Crippen molar-refractivity contribution in [3.8, 4) is 0 Å². The number of esters is 1. The van der Waals surface area contributed by atoms with Crippen molar-refractivity contribution in [2.45, 2.75) is 17.7 Å². The molecule has 1 saturated heterocycles. The van der Waals surface area contributed by atoms with Crippen molar-refractivity contribution in [3.05, 3.63) is 60.1 Å². The molecule has 7 nitrogen and oxygen atoms in total. The zero-order valence-electron chi connectivity index (χ0n) is 14.5. The van der Waals surface area contributed by atoms with Gasteiger partial charge in [-0.15, -0.1) is 0 Å². The first-order valence-electron chi connectivity index (χ1n) is 8.48. The third-order valence-electron chi connectivity index (χ3n) is 4.15. The van der Waals surface area contributed by atoms with E-state index in [1.165, 1.54) is 40.9 Å². The molecule has 1 aliphatic rings. The molecular formula is C19H19NO6S. The number of ketones is 1. The minimum Gasteiger partial charge on any atom is -0.465 e. The molecule has 27 heavy (non-hydrogen) atoms. The zero-order chi connectivity index (χ0) is 19.3. The van der Waals surface area contributed by atoms with Crippen LogP contribution in [0.2, 0.25) is 0 Å². The maximum Gasteiger partial charge on any atom is 0.331 e. The fourth-order valence-electron chi connectivity index (χ4n) is 2.69. The third-order valence-corrected chi connectivity index (χ3v) is 6.06. The van der Waals surface area contributed by atoms with Crippen molar-refractivity contribution in [2.24, 2.45) is 0 Å². The number of Topliss-reactive ketones (excluding diaryl/α,β-unsaturated/α-hetero) is 1. The van der Waals surface area contributed by atoms with E-state index in [4.69, 9.17) is 9.15 Å². The van der Waals surface area contributed by atoms with E-state index in [9.17, 15) is 18.0 Å². The first-order chi connectivity index (χ1) is 13.0. The van der Waals surface area contributed by atoms with Crippen molar-refractivity contribution < 1.29 is 27.2 Å². The maximum atomic E-state index is 12.5. The Morgan fingerprint density at radius 3 is 2.44 bits per heavy atom. The van der Waals surface area contributed by atoms with Crippen LogP contribution in [0.25, 0.3) is 6.08 Å². The summed E-state index contributed by atoms with van der Waals surface area (Å²) in [5.74, 6) is -0.596. The van der Waals surface area contributed by atoms with Crippen molar-refractivity contribution in [1.82, 2.24) is 4.31 Å². The smallest absolute Gasteiger partial charge is 0.331 e. The maximum absolute atomic E-state index is 12.5. The summed E-state index contributed by atoms with van der Waals surface area (Å²) in [4.78, 5) is 23.9. The SMILES string of the molecule is O=C(/C=C/c1ccco1)OCC(=O)c1ccc(S(=O)(=O)N2CCCC2)cc1. The minimum absolute atomic E-state index is 0.152. The second-order valence-corrected chi connectivity index (χ2v) is 7.95. The molecule has 2 aromatic rings. The number of hydrogen-bond acceptors (Lipinski definition) is 6. The van der Waals surface area contributed by atoms with Crippen LogP contribution >= 0.6 is 0 Å².